The molecule has 0 fully saturated rings. The third-order valence-corrected chi connectivity index (χ3v) is 3.76. The van der Waals surface area contributed by atoms with E-state index < -0.39 is 0 Å². The lowest BCUT2D eigenvalue weighted by Gasteiger charge is -2.28. The summed E-state index contributed by atoms with van der Waals surface area (Å²) in [6.45, 7) is 7.31. The van der Waals surface area contributed by atoms with Crippen LogP contribution < -0.4 is 15.2 Å². The van der Waals surface area contributed by atoms with Gasteiger partial charge in [0.2, 0.25) is 0 Å². The summed E-state index contributed by atoms with van der Waals surface area (Å²) in [5.41, 5.74) is 8.14. The predicted molar refractivity (Wildman–Crippen MR) is 71.7 cm³/mol. The number of nitrogens with two attached hydrogens (primary N) is 1. The largest absolute Gasteiger partial charge is 0.486 e. The normalized spacial score (nSPS) is 14.9. The van der Waals surface area contributed by atoms with Gasteiger partial charge in [0.05, 0.1) is 4.47 Å². The smallest absolute Gasteiger partial charge is 0.175 e. The van der Waals surface area contributed by atoms with E-state index in [1.54, 1.807) is 0 Å². The Balaban J connectivity index is 2.64. The van der Waals surface area contributed by atoms with Gasteiger partial charge in [-0.15, -0.1) is 0 Å². The number of benzene rings is 1. The Hall–Kier alpha value is -0.740. The lowest BCUT2D eigenvalue weighted by Crippen LogP contribution is -2.30. The topological polar surface area (TPSA) is 44.5 Å². The fourth-order valence-corrected chi connectivity index (χ4v) is 2.91. The maximum atomic E-state index is 6.22. The Morgan fingerprint density at radius 3 is 2.59 bits per heavy atom. The number of halogens is 1. The molecule has 3 nitrogen and oxygen atoms in total. The fraction of sp³-hybridized carbons (Fsp3) is 0.538. The van der Waals surface area contributed by atoms with Crippen LogP contribution in [0, 0.1) is 0 Å². The molecule has 1 aromatic carbocycles. The number of hydrogen-bond donors (Lipinski definition) is 1. The highest BCUT2D eigenvalue weighted by Crippen LogP contribution is 2.43. The van der Waals surface area contributed by atoms with E-state index >= 15 is 0 Å². The zero-order valence-electron chi connectivity index (χ0n) is 10.5. The maximum absolute atomic E-state index is 6.22. The molecule has 94 valence electrons. The van der Waals surface area contributed by atoms with Crippen LogP contribution >= 0.6 is 15.9 Å². The average molecular weight is 300 g/mol. The Morgan fingerprint density at radius 1 is 1.35 bits per heavy atom. The highest BCUT2D eigenvalue weighted by atomic mass is 79.9. The molecule has 0 amide bonds. The van der Waals surface area contributed by atoms with Gasteiger partial charge < -0.3 is 15.2 Å². The van der Waals surface area contributed by atoms with Gasteiger partial charge in [-0.3, -0.25) is 0 Å². The van der Waals surface area contributed by atoms with Crippen molar-refractivity contribution < 1.29 is 9.47 Å². The summed E-state index contributed by atoms with van der Waals surface area (Å²) in [5.74, 6) is 1.59. The molecule has 0 aromatic heterocycles. The number of rotatable bonds is 2. The van der Waals surface area contributed by atoms with E-state index in [9.17, 15) is 0 Å². The molecule has 2 N–H and O–H groups in total. The molecule has 0 unspecified atom stereocenters. The van der Waals surface area contributed by atoms with Crippen molar-refractivity contribution >= 4 is 15.9 Å². The molecule has 2 rings (SSSR count). The first-order chi connectivity index (χ1) is 7.95. The van der Waals surface area contributed by atoms with Gasteiger partial charge in [0.25, 0.3) is 0 Å². The average Bonchev–Trinajstić information content (AvgIpc) is 2.28. The van der Waals surface area contributed by atoms with E-state index in [-0.39, 0.29) is 5.54 Å². The van der Waals surface area contributed by atoms with Crippen LogP contribution in [0.3, 0.4) is 0 Å². The van der Waals surface area contributed by atoms with E-state index in [1.807, 2.05) is 19.9 Å². The van der Waals surface area contributed by atoms with Gasteiger partial charge in [-0.2, -0.15) is 0 Å². The van der Waals surface area contributed by atoms with Crippen molar-refractivity contribution in [1.29, 1.82) is 0 Å². The third-order valence-electron chi connectivity index (χ3n) is 2.92. The summed E-state index contributed by atoms with van der Waals surface area (Å²) >= 11 is 3.61. The van der Waals surface area contributed by atoms with Crippen LogP contribution in [-0.4, -0.2) is 13.2 Å². The van der Waals surface area contributed by atoms with Crippen molar-refractivity contribution in [2.24, 2.45) is 5.73 Å². The van der Waals surface area contributed by atoms with Crippen molar-refractivity contribution in [3.63, 3.8) is 0 Å². The molecule has 1 aromatic rings. The zero-order valence-corrected chi connectivity index (χ0v) is 12.1. The second kappa shape index (κ2) is 4.50. The summed E-state index contributed by atoms with van der Waals surface area (Å²) < 4.78 is 12.3. The molecule has 0 atom stereocenters. The molecule has 1 aliphatic rings. The Morgan fingerprint density at radius 2 is 2.00 bits per heavy atom. The standard InChI is InChI=1S/C13H18BrNO2/c1-4-8-9(13(2,3)15)7-10-12(11(8)14)17-6-5-16-10/h7H,4-6,15H2,1-3H3. The highest BCUT2D eigenvalue weighted by Gasteiger charge is 2.26. The monoisotopic (exact) mass is 299 g/mol. The summed E-state index contributed by atoms with van der Waals surface area (Å²) in [6.07, 6.45) is 0.910. The maximum Gasteiger partial charge on any atom is 0.175 e. The van der Waals surface area contributed by atoms with E-state index in [1.165, 1.54) is 5.56 Å². The van der Waals surface area contributed by atoms with E-state index in [4.69, 9.17) is 15.2 Å². The molecule has 0 aliphatic carbocycles. The highest BCUT2D eigenvalue weighted by molar-refractivity contribution is 9.10. The number of fused-ring (bicyclic) bond motifs is 1. The van der Waals surface area contributed by atoms with Crippen molar-refractivity contribution in [2.45, 2.75) is 32.7 Å². The Labute approximate surface area is 110 Å². The zero-order chi connectivity index (χ0) is 12.6. The molecule has 17 heavy (non-hydrogen) atoms. The third kappa shape index (κ3) is 2.29. The van der Waals surface area contributed by atoms with Crippen molar-refractivity contribution in [3.8, 4) is 11.5 Å². The predicted octanol–water partition coefficient (Wildman–Crippen LogP) is 2.98. The lowest BCUT2D eigenvalue weighted by atomic mass is 9.89. The molecule has 1 aliphatic heterocycles. The SMILES string of the molecule is CCc1c(C(C)(C)N)cc2c(c1Br)OCCO2. The quantitative estimate of drug-likeness (QED) is 0.913. The lowest BCUT2D eigenvalue weighted by molar-refractivity contribution is 0.169. The van der Waals surface area contributed by atoms with Crippen LogP contribution in [0.5, 0.6) is 11.5 Å². The van der Waals surface area contributed by atoms with Crippen LogP contribution in [0.25, 0.3) is 0 Å². The van der Waals surface area contributed by atoms with Crippen LogP contribution in [0.1, 0.15) is 31.9 Å². The van der Waals surface area contributed by atoms with E-state index in [0.29, 0.717) is 13.2 Å². The van der Waals surface area contributed by atoms with Crippen LogP contribution in [-0.2, 0) is 12.0 Å². The van der Waals surface area contributed by atoms with Crippen LogP contribution in [0.4, 0.5) is 0 Å². The second-order valence-electron chi connectivity index (χ2n) is 4.82. The number of ether oxygens (including phenoxy) is 2. The van der Waals surface area contributed by atoms with Gasteiger partial charge >= 0.3 is 0 Å². The van der Waals surface area contributed by atoms with Gasteiger partial charge in [0, 0.05) is 5.54 Å². The molecule has 0 radical (unpaired) electrons. The minimum absolute atomic E-state index is 0.385. The van der Waals surface area contributed by atoms with Crippen molar-refractivity contribution in [3.05, 3.63) is 21.7 Å². The van der Waals surface area contributed by atoms with Crippen molar-refractivity contribution in [1.82, 2.24) is 0 Å². The first-order valence-corrected chi connectivity index (χ1v) is 6.64. The van der Waals surface area contributed by atoms with Crippen LogP contribution in [0.15, 0.2) is 10.5 Å². The minimum atomic E-state index is -0.385. The van der Waals surface area contributed by atoms with Gasteiger partial charge in [-0.05, 0) is 53.4 Å². The minimum Gasteiger partial charge on any atom is -0.486 e. The summed E-state index contributed by atoms with van der Waals surface area (Å²) in [7, 11) is 0. The summed E-state index contributed by atoms with van der Waals surface area (Å²) in [6, 6.07) is 2.01. The number of hydrogen-bond acceptors (Lipinski definition) is 3. The van der Waals surface area contributed by atoms with Crippen molar-refractivity contribution in [2.75, 3.05) is 13.2 Å². The molecule has 4 heteroatoms. The summed E-state index contributed by atoms with van der Waals surface area (Å²) in [4.78, 5) is 0. The molecule has 0 saturated heterocycles. The molecular formula is C13H18BrNO2. The first-order valence-electron chi connectivity index (χ1n) is 5.85. The Kier molecular flexibility index (Phi) is 3.36. The molecule has 0 spiro atoms. The van der Waals surface area contributed by atoms with Gasteiger partial charge in [-0.1, -0.05) is 6.92 Å². The molecule has 0 bridgehead atoms. The van der Waals surface area contributed by atoms with E-state index in [2.05, 4.69) is 22.9 Å². The fourth-order valence-electron chi connectivity index (χ4n) is 2.10. The van der Waals surface area contributed by atoms with Crippen LogP contribution in [0.2, 0.25) is 0 Å². The molecular weight excluding hydrogens is 282 g/mol. The first kappa shape index (κ1) is 12.7. The molecule has 1 heterocycles. The molecule has 0 saturated carbocycles. The van der Waals surface area contributed by atoms with E-state index in [0.717, 1.165) is 28.0 Å². The summed E-state index contributed by atoms with van der Waals surface area (Å²) in [5, 5.41) is 0. The van der Waals surface area contributed by atoms with Gasteiger partial charge in [0.15, 0.2) is 11.5 Å². The second-order valence-corrected chi connectivity index (χ2v) is 5.61. The van der Waals surface area contributed by atoms with Gasteiger partial charge in [0.1, 0.15) is 13.2 Å². The van der Waals surface area contributed by atoms with Gasteiger partial charge in [-0.25, -0.2) is 0 Å². The Bertz CT molecular complexity index is 438.